The van der Waals surface area contributed by atoms with E-state index < -0.39 is 5.97 Å². The topological polar surface area (TPSA) is 55.7 Å². The predicted molar refractivity (Wildman–Crippen MR) is 71.9 cm³/mol. The van der Waals surface area contributed by atoms with E-state index in [1.807, 2.05) is 13.0 Å². The lowest BCUT2D eigenvalue weighted by Gasteiger charge is -2.05. The second-order valence-corrected chi connectivity index (χ2v) is 4.29. The number of oxime groups is 1. The first-order chi connectivity index (χ1) is 9.06. The number of ketones is 1. The number of carbonyl (C=O) groups excluding carboxylic acids is 2. The highest BCUT2D eigenvalue weighted by Crippen LogP contribution is 2.09. The highest BCUT2D eigenvalue weighted by atomic mass is 16.7. The standard InChI is InChI=1S/C15H13NO3/c1-10-4-3-5-12(8-10)15(18)19-16-14-7-6-13(17)9-11(14)2/h3-9H,1-2H3/b16-14+. The summed E-state index contributed by atoms with van der Waals surface area (Å²) in [7, 11) is 0. The molecule has 0 amide bonds. The molecule has 0 heterocycles. The summed E-state index contributed by atoms with van der Waals surface area (Å²) in [5.74, 6) is -0.615. The number of aryl methyl sites for hydroxylation is 1. The maximum Gasteiger partial charge on any atom is 0.365 e. The first-order valence-electron chi connectivity index (χ1n) is 5.83. The summed E-state index contributed by atoms with van der Waals surface area (Å²) in [4.78, 5) is 27.7. The zero-order valence-corrected chi connectivity index (χ0v) is 10.7. The van der Waals surface area contributed by atoms with Gasteiger partial charge in [-0.25, -0.2) is 4.79 Å². The second kappa shape index (κ2) is 5.44. The van der Waals surface area contributed by atoms with Gasteiger partial charge in [-0.05, 0) is 49.8 Å². The fourth-order valence-electron chi connectivity index (χ4n) is 1.65. The van der Waals surface area contributed by atoms with Crippen molar-refractivity contribution in [1.29, 1.82) is 0 Å². The van der Waals surface area contributed by atoms with Crippen LogP contribution in [0.15, 0.2) is 53.2 Å². The van der Waals surface area contributed by atoms with E-state index in [0.717, 1.165) is 5.56 Å². The minimum Gasteiger partial charge on any atom is -0.312 e. The number of allylic oxidation sites excluding steroid dienone is 4. The van der Waals surface area contributed by atoms with Gasteiger partial charge in [-0.3, -0.25) is 4.79 Å². The van der Waals surface area contributed by atoms with Crippen LogP contribution in [0.25, 0.3) is 0 Å². The summed E-state index contributed by atoms with van der Waals surface area (Å²) in [5, 5.41) is 3.76. The van der Waals surface area contributed by atoms with Crippen molar-refractivity contribution in [3.63, 3.8) is 0 Å². The molecule has 19 heavy (non-hydrogen) atoms. The largest absolute Gasteiger partial charge is 0.365 e. The SMILES string of the molecule is CC1=CC(=O)C=C/C1=N\OC(=O)c1cccc(C)c1. The van der Waals surface area contributed by atoms with Gasteiger partial charge in [-0.1, -0.05) is 22.9 Å². The van der Waals surface area contributed by atoms with Crippen molar-refractivity contribution < 1.29 is 14.4 Å². The third-order valence-corrected chi connectivity index (χ3v) is 2.65. The highest BCUT2D eigenvalue weighted by molar-refractivity contribution is 6.19. The van der Waals surface area contributed by atoms with Crippen LogP contribution in [0.3, 0.4) is 0 Å². The Kier molecular flexibility index (Phi) is 3.71. The summed E-state index contributed by atoms with van der Waals surface area (Å²) >= 11 is 0. The number of carbonyl (C=O) groups is 2. The lowest BCUT2D eigenvalue weighted by molar-refractivity contribution is -0.110. The van der Waals surface area contributed by atoms with Gasteiger partial charge in [0.25, 0.3) is 0 Å². The van der Waals surface area contributed by atoms with Crippen molar-refractivity contribution in [3.8, 4) is 0 Å². The van der Waals surface area contributed by atoms with Gasteiger partial charge in [0.2, 0.25) is 0 Å². The van der Waals surface area contributed by atoms with E-state index in [1.54, 1.807) is 25.1 Å². The second-order valence-electron chi connectivity index (χ2n) is 4.29. The van der Waals surface area contributed by atoms with Crippen LogP contribution >= 0.6 is 0 Å². The molecule has 4 heteroatoms. The lowest BCUT2D eigenvalue weighted by atomic mass is 10.1. The number of benzene rings is 1. The van der Waals surface area contributed by atoms with E-state index in [9.17, 15) is 9.59 Å². The molecule has 0 bridgehead atoms. The first kappa shape index (κ1) is 13.0. The molecular weight excluding hydrogens is 242 g/mol. The molecule has 1 aromatic carbocycles. The minimum atomic E-state index is -0.519. The summed E-state index contributed by atoms with van der Waals surface area (Å²) < 4.78 is 0. The van der Waals surface area contributed by atoms with Crippen LogP contribution < -0.4 is 0 Å². The zero-order chi connectivity index (χ0) is 13.8. The molecule has 0 N–H and O–H groups in total. The molecule has 0 radical (unpaired) electrons. The average Bonchev–Trinajstić information content (AvgIpc) is 2.37. The Morgan fingerprint density at radius 1 is 1.21 bits per heavy atom. The highest BCUT2D eigenvalue weighted by Gasteiger charge is 2.10. The van der Waals surface area contributed by atoms with Crippen LogP contribution in [0.2, 0.25) is 0 Å². The molecular formula is C15H13NO3. The van der Waals surface area contributed by atoms with E-state index >= 15 is 0 Å². The lowest BCUT2D eigenvalue weighted by Crippen LogP contribution is -2.08. The number of hydrogen-bond donors (Lipinski definition) is 0. The van der Waals surface area contributed by atoms with Crippen molar-refractivity contribution in [2.45, 2.75) is 13.8 Å². The van der Waals surface area contributed by atoms with Crippen molar-refractivity contribution in [1.82, 2.24) is 0 Å². The van der Waals surface area contributed by atoms with Gasteiger partial charge in [0.1, 0.15) is 5.71 Å². The Labute approximate surface area is 111 Å². The van der Waals surface area contributed by atoms with Crippen molar-refractivity contribution in [2.75, 3.05) is 0 Å². The zero-order valence-electron chi connectivity index (χ0n) is 10.7. The molecule has 0 spiro atoms. The van der Waals surface area contributed by atoms with Gasteiger partial charge in [0, 0.05) is 0 Å². The predicted octanol–water partition coefficient (Wildman–Crippen LogP) is 2.59. The minimum absolute atomic E-state index is 0.0959. The molecule has 2 rings (SSSR count). The Morgan fingerprint density at radius 3 is 2.68 bits per heavy atom. The summed E-state index contributed by atoms with van der Waals surface area (Å²) in [6.07, 6.45) is 4.35. The molecule has 1 aliphatic carbocycles. The Bertz CT molecular complexity index is 624. The normalized spacial score (nSPS) is 16.4. The van der Waals surface area contributed by atoms with Gasteiger partial charge in [-0.15, -0.1) is 0 Å². The number of hydrogen-bond acceptors (Lipinski definition) is 4. The van der Waals surface area contributed by atoms with Crippen LogP contribution in [-0.2, 0) is 9.63 Å². The molecule has 96 valence electrons. The van der Waals surface area contributed by atoms with Gasteiger partial charge in [-0.2, -0.15) is 0 Å². The fraction of sp³-hybridized carbons (Fsp3) is 0.133. The van der Waals surface area contributed by atoms with E-state index in [4.69, 9.17) is 4.84 Å². The van der Waals surface area contributed by atoms with E-state index in [1.165, 1.54) is 18.2 Å². The molecule has 1 aromatic rings. The molecule has 0 aromatic heterocycles. The third-order valence-electron chi connectivity index (χ3n) is 2.65. The van der Waals surface area contributed by atoms with Crippen LogP contribution in [0.4, 0.5) is 0 Å². The average molecular weight is 255 g/mol. The molecule has 0 fully saturated rings. The third kappa shape index (κ3) is 3.25. The monoisotopic (exact) mass is 255 g/mol. The summed E-state index contributed by atoms with van der Waals surface area (Å²) in [5.41, 5.74) is 2.56. The maximum atomic E-state index is 11.8. The molecule has 0 atom stereocenters. The smallest absolute Gasteiger partial charge is 0.312 e. The Balaban J connectivity index is 2.11. The van der Waals surface area contributed by atoms with E-state index in [0.29, 0.717) is 16.8 Å². The van der Waals surface area contributed by atoms with Crippen LogP contribution in [0, 0.1) is 6.92 Å². The summed E-state index contributed by atoms with van der Waals surface area (Å²) in [6, 6.07) is 7.07. The Hall–Kier alpha value is -2.49. The van der Waals surface area contributed by atoms with Gasteiger partial charge in [0.15, 0.2) is 5.78 Å². The van der Waals surface area contributed by atoms with Crippen molar-refractivity contribution >= 4 is 17.5 Å². The van der Waals surface area contributed by atoms with Crippen LogP contribution in [0.5, 0.6) is 0 Å². The quantitative estimate of drug-likeness (QED) is 0.463. The maximum absolute atomic E-state index is 11.8. The number of nitrogens with zero attached hydrogens (tertiary/aromatic N) is 1. The van der Waals surface area contributed by atoms with Crippen molar-refractivity contribution in [2.24, 2.45) is 5.16 Å². The van der Waals surface area contributed by atoms with Crippen molar-refractivity contribution in [3.05, 3.63) is 59.2 Å². The Morgan fingerprint density at radius 2 is 2.00 bits per heavy atom. The first-order valence-corrected chi connectivity index (χ1v) is 5.83. The molecule has 4 nitrogen and oxygen atoms in total. The summed E-state index contributed by atoms with van der Waals surface area (Å²) in [6.45, 7) is 3.63. The van der Waals surface area contributed by atoms with Crippen LogP contribution in [-0.4, -0.2) is 17.5 Å². The fourth-order valence-corrected chi connectivity index (χ4v) is 1.65. The molecule has 0 unspecified atom stereocenters. The molecule has 1 aliphatic rings. The molecule has 0 saturated heterocycles. The van der Waals surface area contributed by atoms with Gasteiger partial charge >= 0.3 is 5.97 Å². The van der Waals surface area contributed by atoms with Gasteiger partial charge in [0.05, 0.1) is 5.56 Å². The van der Waals surface area contributed by atoms with E-state index in [-0.39, 0.29) is 5.78 Å². The molecule has 0 saturated carbocycles. The molecule has 0 aliphatic heterocycles. The number of rotatable bonds is 2. The van der Waals surface area contributed by atoms with Gasteiger partial charge < -0.3 is 4.84 Å². The van der Waals surface area contributed by atoms with E-state index in [2.05, 4.69) is 5.16 Å². The van der Waals surface area contributed by atoms with Crippen LogP contribution in [0.1, 0.15) is 22.8 Å².